The lowest BCUT2D eigenvalue weighted by Crippen LogP contribution is -2.33. The van der Waals surface area contributed by atoms with Gasteiger partial charge in [0, 0.05) is 6.42 Å². The summed E-state index contributed by atoms with van der Waals surface area (Å²) < 4.78 is 22.9. The van der Waals surface area contributed by atoms with E-state index in [2.05, 4.69) is 35.2 Å². The third-order valence-electron chi connectivity index (χ3n) is 3.62. The van der Waals surface area contributed by atoms with Gasteiger partial charge in [-0.1, -0.05) is 0 Å². The minimum absolute atomic E-state index is 0.229. The first kappa shape index (κ1) is 18.6. The Morgan fingerprint density at radius 1 is 1.26 bits per heavy atom. The fraction of sp³-hybridized carbons (Fsp3) is 0.533. The molecule has 0 radical (unpaired) electrons. The number of hydrogen-bond acceptors (Lipinski definition) is 6. The molecule has 1 heterocycles. The molecule has 23 heavy (non-hydrogen) atoms. The van der Waals surface area contributed by atoms with Gasteiger partial charge in [-0.05, 0) is 41.5 Å². The quantitative estimate of drug-likeness (QED) is 0.527. The maximum atomic E-state index is 11.8. The van der Waals surface area contributed by atoms with E-state index in [0.29, 0.717) is 35.5 Å². The van der Waals surface area contributed by atoms with E-state index in [1.165, 1.54) is 14.2 Å². The number of methoxy groups -OCH3 is 2. The van der Waals surface area contributed by atoms with Crippen LogP contribution < -0.4 is 14.2 Å². The molecule has 1 aromatic carbocycles. The number of ether oxygens (including phenoxy) is 4. The summed E-state index contributed by atoms with van der Waals surface area (Å²) in [4.78, 5) is 11.8. The number of halogens is 1. The van der Waals surface area contributed by atoms with Crippen LogP contribution in [0.15, 0.2) is 0 Å². The molecule has 2 atom stereocenters. The average Bonchev–Trinajstić information content (AvgIpc) is 2.53. The highest BCUT2D eigenvalue weighted by molar-refractivity contribution is 14.1. The maximum Gasteiger partial charge on any atom is 0.220 e. The SMILES string of the molecule is COc1c(O[C@H]2CC[C@@H](O)CO2)c(I)c(C)c(C(=O)S)c1OC. The molecular formula is C15H19IO6S. The molecule has 6 nitrogen and oxygen atoms in total. The summed E-state index contributed by atoms with van der Waals surface area (Å²) in [6.45, 7) is 2.03. The fourth-order valence-electron chi connectivity index (χ4n) is 2.45. The van der Waals surface area contributed by atoms with Crippen LogP contribution in [0.4, 0.5) is 0 Å². The molecule has 1 saturated heterocycles. The van der Waals surface area contributed by atoms with Gasteiger partial charge in [-0.25, -0.2) is 0 Å². The standard InChI is InChI=1S/C15H19IO6S/c1-7-10(15(18)23)12(19-2)14(20-3)13(11(7)16)22-9-5-4-8(17)6-21-9/h8-9,17H,4-6H2,1-3H3,(H,18,23)/t8-,9+/m1/s1. The van der Waals surface area contributed by atoms with Gasteiger partial charge in [-0.15, -0.1) is 12.6 Å². The molecule has 0 amide bonds. The third-order valence-corrected chi connectivity index (χ3v) is 5.15. The van der Waals surface area contributed by atoms with Gasteiger partial charge in [0.15, 0.2) is 17.8 Å². The van der Waals surface area contributed by atoms with Crippen molar-refractivity contribution < 1.29 is 28.8 Å². The number of hydrogen-bond donors (Lipinski definition) is 2. The molecule has 1 aliphatic rings. The van der Waals surface area contributed by atoms with Gasteiger partial charge in [-0.2, -0.15) is 0 Å². The zero-order valence-electron chi connectivity index (χ0n) is 13.1. The van der Waals surface area contributed by atoms with Gasteiger partial charge in [0.2, 0.25) is 10.9 Å². The molecule has 0 unspecified atom stereocenters. The molecular weight excluding hydrogens is 435 g/mol. The smallest absolute Gasteiger partial charge is 0.220 e. The first-order valence-corrected chi connectivity index (χ1v) is 8.56. The predicted octanol–water partition coefficient (Wildman–Crippen LogP) is 2.56. The summed E-state index contributed by atoms with van der Waals surface area (Å²) in [6.07, 6.45) is 0.223. The largest absolute Gasteiger partial charge is 0.492 e. The van der Waals surface area contributed by atoms with E-state index in [9.17, 15) is 9.90 Å². The molecule has 1 fully saturated rings. The summed E-state index contributed by atoms with van der Waals surface area (Å²) >= 11 is 6.01. The highest BCUT2D eigenvalue weighted by Gasteiger charge is 2.29. The average molecular weight is 454 g/mol. The molecule has 0 saturated carbocycles. The minimum Gasteiger partial charge on any atom is -0.492 e. The van der Waals surface area contributed by atoms with Gasteiger partial charge >= 0.3 is 0 Å². The van der Waals surface area contributed by atoms with Crippen LogP contribution in [-0.4, -0.2) is 43.4 Å². The molecule has 1 N–H and O–H groups in total. The first-order chi connectivity index (χ1) is 10.9. The van der Waals surface area contributed by atoms with Crippen molar-refractivity contribution in [3.63, 3.8) is 0 Å². The van der Waals surface area contributed by atoms with Crippen molar-refractivity contribution in [1.82, 2.24) is 0 Å². The molecule has 0 aromatic heterocycles. The summed E-state index contributed by atoms with van der Waals surface area (Å²) in [5.41, 5.74) is 1.05. The maximum absolute atomic E-state index is 11.8. The number of aliphatic hydroxyl groups excluding tert-OH is 1. The minimum atomic E-state index is -0.484. The third kappa shape index (κ3) is 3.86. The van der Waals surface area contributed by atoms with Crippen LogP contribution in [0.1, 0.15) is 28.8 Å². The van der Waals surface area contributed by atoms with Gasteiger partial charge in [0.25, 0.3) is 0 Å². The van der Waals surface area contributed by atoms with Crippen LogP contribution >= 0.6 is 35.2 Å². The summed E-state index contributed by atoms with van der Waals surface area (Å²) in [5.74, 6) is 1.08. The number of rotatable bonds is 5. The summed E-state index contributed by atoms with van der Waals surface area (Å²) in [6, 6.07) is 0. The monoisotopic (exact) mass is 454 g/mol. The van der Waals surface area contributed by atoms with E-state index in [0.717, 1.165) is 3.57 Å². The van der Waals surface area contributed by atoms with E-state index in [1.54, 1.807) is 6.92 Å². The second kappa shape index (κ2) is 7.91. The van der Waals surface area contributed by atoms with Gasteiger partial charge in [0.05, 0.1) is 36.1 Å². The van der Waals surface area contributed by atoms with E-state index in [4.69, 9.17) is 18.9 Å². The lowest BCUT2D eigenvalue weighted by atomic mass is 10.1. The Morgan fingerprint density at radius 2 is 1.91 bits per heavy atom. The fourth-order valence-corrected chi connectivity index (χ4v) is 3.36. The number of benzene rings is 1. The number of thiol groups is 1. The molecule has 128 valence electrons. The van der Waals surface area contributed by atoms with Crippen molar-refractivity contribution >= 4 is 40.3 Å². The zero-order chi connectivity index (χ0) is 17.1. The van der Waals surface area contributed by atoms with E-state index < -0.39 is 17.5 Å². The van der Waals surface area contributed by atoms with Crippen molar-refractivity contribution in [1.29, 1.82) is 0 Å². The zero-order valence-corrected chi connectivity index (χ0v) is 16.1. The van der Waals surface area contributed by atoms with Gasteiger partial charge in [0.1, 0.15) is 0 Å². The Bertz CT molecular complexity index is 598. The summed E-state index contributed by atoms with van der Waals surface area (Å²) in [5, 5.41) is 9.10. The molecule has 8 heteroatoms. The normalized spacial score (nSPS) is 21.0. The Balaban J connectivity index is 2.46. The Labute approximate surface area is 154 Å². The lowest BCUT2D eigenvalue weighted by molar-refractivity contribution is -0.142. The van der Waals surface area contributed by atoms with Crippen molar-refractivity contribution in [2.24, 2.45) is 0 Å². The second-order valence-electron chi connectivity index (χ2n) is 5.13. The van der Waals surface area contributed by atoms with E-state index >= 15 is 0 Å². The van der Waals surface area contributed by atoms with E-state index in [1.807, 2.05) is 0 Å². The molecule has 2 rings (SSSR count). The van der Waals surface area contributed by atoms with Crippen LogP contribution in [0.5, 0.6) is 17.2 Å². The van der Waals surface area contributed by atoms with Crippen LogP contribution in [0.3, 0.4) is 0 Å². The predicted molar refractivity (Wildman–Crippen MR) is 95.9 cm³/mol. The van der Waals surface area contributed by atoms with Crippen molar-refractivity contribution in [3.8, 4) is 17.2 Å². The number of carbonyl (C=O) groups is 1. The van der Waals surface area contributed by atoms with Gasteiger partial charge in [-0.3, -0.25) is 4.79 Å². The molecule has 0 aliphatic carbocycles. The van der Waals surface area contributed by atoms with Crippen LogP contribution in [0, 0.1) is 10.5 Å². The summed E-state index contributed by atoms with van der Waals surface area (Å²) in [7, 11) is 2.94. The highest BCUT2D eigenvalue weighted by atomic mass is 127. The molecule has 1 aromatic rings. The van der Waals surface area contributed by atoms with Crippen LogP contribution in [0.2, 0.25) is 0 Å². The second-order valence-corrected chi connectivity index (χ2v) is 6.61. The molecule has 1 aliphatic heterocycles. The lowest BCUT2D eigenvalue weighted by Gasteiger charge is -2.28. The Hall–Kier alpha value is -0.710. The topological polar surface area (TPSA) is 74.2 Å². The van der Waals surface area contributed by atoms with E-state index in [-0.39, 0.29) is 12.4 Å². The van der Waals surface area contributed by atoms with Crippen LogP contribution in [0.25, 0.3) is 0 Å². The number of carbonyl (C=O) groups excluding carboxylic acids is 1. The Kier molecular flexibility index (Phi) is 6.40. The number of aliphatic hydroxyl groups is 1. The van der Waals surface area contributed by atoms with Gasteiger partial charge < -0.3 is 24.1 Å². The molecule has 0 bridgehead atoms. The van der Waals surface area contributed by atoms with Crippen molar-refractivity contribution in [2.45, 2.75) is 32.2 Å². The van der Waals surface area contributed by atoms with Crippen molar-refractivity contribution in [3.05, 3.63) is 14.7 Å². The first-order valence-electron chi connectivity index (χ1n) is 7.04. The highest BCUT2D eigenvalue weighted by Crippen LogP contribution is 2.46. The van der Waals surface area contributed by atoms with Crippen LogP contribution in [-0.2, 0) is 4.74 Å². The molecule has 0 spiro atoms. The Morgan fingerprint density at radius 3 is 2.39 bits per heavy atom. The van der Waals surface area contributed by atoms with Crippen molar-refractivity contribution in [2.75, 3.05) is 20.8 Å².